The zero-order valence-electron chi connectivity index (χ0n) is 20.6. The summed E-state index contributed by atoms with van der Waals surface area (Å²) in [6.07, 6.45) is 0.504. The first kappa shape index (κ1) is 25.9. The van der Waals surface area contributed by atoms with Crippen LogP contribution in [0.15, 0.2) is 42.0 Å². The molecule has 0 bridgehead atoms. The van der Waals surface area contributed by atoms with Gasteiger partial charge in [0, 0.05) is 25.8 Å². The summed E-state index contributed by atoms with van der Waals surface area (Å²) in [7, 11) is 6.02. The van der Waals surface area contributed by atoms with Crippen LogP contribution in [-0.2, 0) is 14.3 Å². The van der Waals surface area contributed by atoms with Crippen LogP contribution in [0, 0.1) is 0 Å². The predicted octanol–water partition coefficient (Wildman–Crippen LogP) is 3.57. The summed E-state index contributed by atoms with van der Waals surface area (Å²) in [5.74, 6) is -0.138. The average Bonchev–Trinajstić information content (AvgIpc) is 3.12. The lowest BCUT2D eigenvalue weighted by molar-refractivity contribution is -0.140. The largest absolute Gasteiger partial charge is 0.507 e. The zero-order chi connectivity index (χ0) is 25.5. The Hall–Kier alpha value is -3.72. The van der Waals surface area contributed by atoms with Gasteiger partial charge in [-0.15, -0.1) is 0 Å². The minimum absolute atomic E-state index is 0.0321. The Bertz CT molecular complexity index is 1090. The normalized spacial score (nSPS) is 16.9. The third kappa shape index (κ3) is 5.19. The Kier molecular flexibility index (Phi) is 8.59. The molecule has 9 heteroatoms. The number of rotatable bonds is 11. The van der Waals surface area contributed by atoms with Crippen molar-refractivity contribution in [3.05, 3.63) is 53.1 Å². The molecule has 1 heterocycles. The SMILES string of the molecule is CCOc1cccc(C(O)=C2C(=O)C(=O)N(CCCOC)C2c2cc(OC)c(OC)c(OC)c2)c1. The molecule has 1 aliphatic rings. The number of hydrogen-bond donors (Lipinski definition) is 1. The van der Waals surface area contributed by atoms with Crippen LogP contribution in [0.5, 0.6) is 23.0 Å². The third-order valence-corrected chi connectivity index (χ3v) is 5.71. The van der Waals surface area contributed by atoms with Crippen molar-refractivity contribution in [2.75, 3.05) is 48.2 Å². The maximum atomic E-state index is 13.2. The Morgan fingerprint density at radius 1 is 1.00 bits per heavy atom. The molecule has 0 spiro atoms. The molecule has 35 heavy (non-hydrogen) atoms. The van der Waals surface area contributed by atoms with Crippen LogP contribution in [-0.4, -0.2) is 69.9 Å². The lowest BCUT2D eigenvalue weighted by atomic mass is 9.94. The highest BCUT2D eigenvalue weighted by Gasteiger charge is 2.46. The van der Waals surface area contributed by atoms with Gasteiger partial charge in [-0.2, -0.15) is 0 Å². The van der Waals surface area contributed by atoms with E-state index < -0.39 is 17.7 Å². The number of amides is 1. The maximum absolute atomic E-state index is 13.2. The predicted molar refractivity (Wildman–Crippen MR) is 129 cm³/mol. The molecule has 0 aliphatic carbocycles. The van der Waals surface area contributed by atoms with E-state index in [1.807, 2.05) is 6.92 Å². The highest BCUT2D eigenvalue weighted by atomic mass is 16.5. The van der Waals surface area contributed by atoms with Crippen molar-refractivity contribution < 1.29 is 38.4 Å². The van der Waals surface area contributed by atoms with E-state index in [0.717, 1.165) is 0 Å². The standard InChI is InChI=1S/C26H31NO8/c1-6-35-18-10-7-9-16(13-18)23(28)21-22(27(11-8-12-31-2)26(30)24(21)29)17-14-19(32-3)25(34-5)20(15-17)33-4/h7,9-10,13-15,22,28H,6,8,11-12H2,1-5H3. The quantitative estimate of drug-likeness (QED) is 0.223. The molecule has 188 valence electrons. The molecule has 1 fully saturated rings. The smallest absolute Gasteiger partial charge is 0.295 e. The molecule has 0 aromatic heterocycles. The number of benzene rings is 2. The molecule has 0 radical (unpaired) electrons. The Morgan fingerprint density at radius 2 is 1.69 bits per heavy atom. The van der Waals surface area contributed by atoms with Crippen molar-refractivity contribution >= 4 is 17.4 Å². The van der Waals surface area contributed by atoms with Crippen LogP contribution in [0.4, 0.5) is 0 Å². The summed E-state index contributed by atoms with van der Waals surface area (Å²) < 4.78 is 27.0. The molecule has 2 aromatic carbocycles. The average molecular weight is 486 g/mol. The number of carbonyl (C=O) groups excluding carboxylic acids is 2. The minimum Gasteiger partial charge on any atom is -0.507 e. The van der Waals surface area contributed by atoms with Crippen LogP contribution in [0.1, 0.15) is 30.5 Å². The van der Waals surface area contributed by atoms with Gasteiger partial charge in [0.2, 0.25) is 5.75 Å². The second-order valence-electron chi connectivity index (χ2n) is 7.76. The molecule has 3 rings (SSSR count). The number of aliphatic hydroxyl groups excluding tert-OH is 1. The molecule has 1 aliphatic heterocycles. The minimum atomic E-state index is -0.878. The Balaban J connectivity index is 2.22. The van der Waals surface area contributed by atoms with E-state index in [2.05, 4.69) is 0 Å². The summed E-state index contributed by atoms with van der Waals surface area (Å²) in [5.41, 5.74) is 0.859. The number of likely N-dealkylation sites (tertiary alicyclic amines) is 1. The molecule has 1 amide bonds. The molecule has 9 nitrogen and oxygen atoms in total. The summed E-state index contributed by atoms with van der Waals surface area (Å²) in [6, 6.07) is 9.21. The fraction of sp³-hybridized carbons (Fsp3) is 0.385. The first-order chi connectivity index (χ1) is 16.9. The van der Waals surface area contributed by atoms with Gasteiger partial charge in [-0.05, 0) is 43.2 Å². The van der Waals surface area contributed by atoms with E-state index in [4.69, 9.17) is 23.7 Å². The van der Waals surface area contributed by atoms with E-state index in [-0.39, 0.29) is 17.9 Å². The Morgan fingerprint density at radius 3 is 2.26 bits per heavy atom. The van der Waals surface area contributed by atoms with E-state index in [1.54, 1.807) is 43.5 Å². The van der Waals surface area contributed by atoms with Crippen molar-refractivity contribution in [3.63, 3.8) is 0 Å². The summed E-state index contributed by atoms with van der Waals surface area (Å²) in [4.78, 5) is 27.8. The monoisotopic (exact) mass is 485 g/mol. The molecule has 2 aromatic rings. The molecule has 1 atom stereocenters. The highest BCUT2D eigenvalue weighted by Crippen LogP contribution is 2.45. The number of ether oxygens (including phenoxy) is 5. The van der Waals surface area contributed by atoms with Gasteiger partial charge in [0.25, 0.3) is 11.7 Å². The van der Waals surface area contributed by atoms with Crippen LogP contribution < -0.4 is 18.9 Å². The number of nitrogens with zero attached hydrogens (tertiary/aromatic N) is 1. The lowest BCUT2D eigenvalue weighted by Crippen LogP contribution is -2.31. The lowest BCUT2D eigenvalue weighted by Gasteiger charge is -2.26. The molecular weight excluding hydrogens is 454 g/mol. The molecule has 1 N–H and O–H groups in total. The van der Waals surface area contributed by atoms with Crippen LogP contribution in [0.25, 0.3) is 5.76 Å². The van der Waals surface area contributed by atoms with Gasteiger partial charge in [-0.25, -0.2) is 0 Å². The van der Waals surface area contributed by atoms with Gasteiger partial charge in [0.05, 0.1) is 39.6 Å². The van der Waals surface area contributed by atoms with E-state index >= 15 is 0 Å². The van der Waals surface area contributed by atoms with E-state index in [0.29, 0.717) is 53.8 Å². The van der Waals surface area contributed by atoms with Gasteiger partial charge in [0.15, 0.2) is 11.5 Å². The van der Waals surface area contributed by atoms with Crippen LogP contribution in [0.3, 0.4) is 0 Å². The fourth-order valence-electron chi connectivity index (χ4n) is 4.15. The first-order valence-corrected chi connectivity index (χ1v) is 11.2. The van der Waals surface area contributed by atoms with E-state index in [9.17, 15) is 14.7 Å². The van der Waals surface area contributed by atoms with Crippen molar-refractivity contribution in [2.45, 2.75) is 19.4 Å². The number of hydrogen-bond acceptors (Lipinski definition) is 8. The van der Waals surface area contributed by atoms with Crippen molar-refractivity contribution in [1.82, 2.24) is 4.90 Å². The fourth-order valence-corrected chi connectivity index (χ4v) is 4.15. The Labute approximate surface area is 204 Å². The van der Waals surface area contributed by atoms with Crippen molar-refractivity contribution in [2.24, 2.45) is 0 Å². The maximum Gasteiger partial charge on any atom is 0.295 e. The molecule has 0 saturated carbocycles. The molecule has 1 saturated heterocycles. The van der Waals surface area contributed by atoms with Crippen molar-refractivity contribution in [1.29, 1.82) is 0 Å². The zero-order valence-corrected chi connectivity index (χ0v) is 20.6. The van der Waals surface area contributed by atoms with Gasteiger partial charge in [-0.1, -0.05) is 12.1 Å². The van der Waals surface area contributed by atoms with Crippen LogP contribution >= 0.6 is 0 Å². The topological polar surface area (TPSA) is 104 Å². The van der Waals surface area contributed by atoms with Gasteiger partial charge in [0.1, 0.15) is 11.5 Å². The number of aliphatic hydroxyl groups is 1. The molecule has 1 unspecified atom stereocenters. The van der Waals surface area contributed by atoms with Crippen LogP contribution in [0.2, 0.25) is 0 Å². The number of ketones is 1. The van der Waals surface area contributed by atoms with E-state index in [1.165, 1.54) is 26.2 Å². The number of carbonyl (C=O) groups is 2. The van der Waals surface area contributed by atoms with Gasteiger partial charge >= 0.3 is 0 Å². The number of methoxy groups -OCH3 is 4. The summed E-state index contributed by atoms with van der Waals surface area (Å²) in [6.45, 7) is 2.94. The summed E-state index contributed by atoms with van der Waals surface area (Å²) >= 11 is 0. The summed E-state index contributed by atoms with van der Waals surface area (Å²) in [5, 5.41) is 11.3. The first-order valence-electron chi connectivity index (χ1n) is 11.2. The second kappa shape index (κ2) is 11.6. The second-order valence-corrected chi connectivity index (χ2v) is 7.76. The van der Waals surface area contributed by atoms with Crippen molar-refractivity contribution in [3.8, 4) is 23.0 Å². The van der Waals surface area contributed by atoms with Gasteiger partial charge < -0.3 is 33.7 Å². The third-order valence-electron chi connectivity index (χ3n) is 5.71. The van der Waals surface area contributed by atoms with Gasteiger partial charge in [-0.3, -0.25) is 9.59 Å². The number of Topliss-reactive ketones (excluding diaryl/α,β-unsaturated/α-hetero) is 1. The highest BCUT2D eigenvalue weighted by molar-refractivity contribution is 6.46. The molecular formula is C26H31NO8.